The maximum atomic E-state index is 12.8. The van der Waals surface area contributed by atoms with Crippen LogP contribution in [0.5, 0.6) is 0 Å². The van der Waals surface area contributed by atoms with Crippen LogP contribution in [0.1, 0.15) is 16.1 Å². The smallest absolute Gasteiger partial charge is 0.252 e. The molecule has 1 aromatic carbocycles. The van der Waals surface area contributed by atoms with E-state index in [1.54, 1.807) is 12.1 Å². The summed E-state index contributed by atoms with van der Waals surface area (Å²) in [4.78, 5) is 11.8. The molecule has 0 aliphatic heterocycles. The first kappa shape index (κ1) is 11.9. The summed E-state index contributed by atoms with van der Waals surface area (Å²) in [5.74, 6) is -0.00989. The van der Waals surface area contributed by atoms with Gasteiger partial charge in [-0.3, -0.25) is 4.79 Å². The largest absolute Gasteiger partial charge is 0.467 e. The molecule has 0 aliphatic carbocycles. The summed E-state index contributed by atoms with van der Waals surface area (Å²) in [6.45, 7) is 0.301. The Labute approximate surface area is 106 Å². The van der Waals surface area contributed by atoms with Crippen molar-refractivity contribution < 1.29 is 13.6 Å². The minimum absolute atomic E-state index is 0.284. The molecule has 5 heteroatoms. The lowest BCUT2D eigenvalue weighted by Crippen LogP contribution is -2.22. The van der Waals surface area contributed by atoms with E-state index in [0.29, 0.717) is 22.3 Å². The molecular formula is C12H9BrFNO2. The lowest BCUT2D eigenvalue weighted by molar-refractivity contribution is 0.0947. The number of benzene rings is 1. The lowest BCUT2D eigenvalue weighted by atomic mass is 10.2. The van der Waals surface area contributed by atoms with E-state index in [0.717, 1.165) is 0 Å². The summed E-state index contributed by atoms with van der Waals surface area (Å²) in [5, 5.41) is 2.68. The van der Waals surface area contributed by atoms with Crippen molar-refractivity contribution in [2.75, 3.05) is 0 Å². The zero-order valence-corrected chi connectivity index (χ0v) is 10.3. The van der Waals surface area contributed by atoms with E-state index >= 15 is 0 Å². The molecule has 88 valence electrons. The highest BCUT2D eigenvalue weighted by Crippen LogP contribution is 2.17. The number of amides is 1. The molecule has 0 bridgehead atoms. The molecule has 17 heavy (non-hydrogen) atoms. The Morgan fingerprint density at radius 3 is 2.88 bits per heavy atom. The first-order valence-corrected chi connectivity index (χ1v) is 5.72. The molecule has 0 saturated carbocycles. The number of rotatable bonds is 3. The third-order valence-electron chi connectivity index (χ3n) is 2.18. The molecule has 1 heterocycles. The molecule has 0 unspecified atom stereocenters. The molecule has 0 fully saturated rings. The van der Waals surface area contributed by atoms with Crippen molar-refractivity contribution in [3.05, 3.63) is 58.2 Å². The molecule has 0 atom stereocenters. The highest BCUT2D eigenvalue weighted by molar-refractivity contribution is 9.10. The molecule has 0 spiro atoms. The molecule has 1 N–H and O–H groups in total. The molecule has 2 rings (SSSR count). The van der Waals surface area contributed by atoms with Gasteiger partial charge >= 0.3 is 0 Å². The van der Waals surface area contributed by atoms with Crippen LogP contribution in [0.15, 0.2) is 45.5 Å². The molecular weight excluding hydrogens is 289 g/mol. The van der Waals surface area contributed by atoms with Crippen LogP contribution in [0.2, 0.25) is 0 Å². The van der Waals surface area contributed by atoms with Crippen LogP contribution in [-0.4, -0.2) is 5.91 Å². The fourth-order valence-corrected chi connectivity index (χ4v) is 1.88. The van der Waals surface area contributed by atoms with Gasteiger partial charge in [-0.05, 0) is 46.3 Å². The summed E-state index contributed by atoms with van der Waals surface area (Å²) < 4.78 is 18.4. The van der Waals surface area contributed by atoms with Crippen molar-refractivity contribution in [3.8, 4) is 0 Å². The average Bonchev–Trinajstić information content (AvgIpc) is 2.78. The van der Waals surface area contributed by atoms with Crippen molar-refractivity contribution in [1.29, 1.82) is 0 Å². The minimum Gasteiger partial charge on any atom is -0.467 e. The number of carbonyl (C=O) groups excluding carboxylic acids is 1. The fraction of sp³-hybridized carbons (Fsp3) is 0.0833. The Bertz CT molecular complexity index is 525. The van der Waals surface area contributed by atoms with Gasteiger partial charge in [0.25, 0.3) is 5.91 Å². The maximum Gasteiger partial charge on any atom is 0.252 e. The molecule has 1 amide bonds. The Hall–Kier alpha value is -1.62. The van der Waals surface area contributed by atoms with Crippen LogP contribution in [0.3, 0.4) is 0 Å². The van der Waals surface area contributed by atoms with Crippen molar-refractivity contribution in [3.63, 3.8) is 0 Å². The van der Waals surface area contributed by atoms with E-state index in [4.69, 9.17) is 4.42 Å². The molecule has 2 aromatic rings. The van der Waals surface area contributed by atoms with E-state index in [9.17, 15) is 9.18 Å². The van der Waals surface area contributed by atoms with Gasteiger partial charge in [-0.15, -0.1) is 0 Å². The third kappa shape index (κ3) is 2.94. The van der Waals surface area contributed by atoms with Crippen molar-refractivity contribution in [2.24, 2.45) is 0 Å². The van der Waals surface area contributed by atoms with E-state index < -0.39 is 0 Å². The van der Waals surface area contributed by atoms with Gasteiger partial charge in [0.15, 0.2) is 0 Å². The zero-order chi connectivity index (χ0) is 12.3. The lowest BCUT2D eigenvalue weighted by Gasteiger charge is -2.05. The predicted octanol–water partition coefficient (Wildman–Crippen LogP) is 3.11. The normalized spacial score (nSPS) is 10.2. The van der Waals surface area contributed by atoms with Gasteiger partial charge in [0, 0.05) is 4.47 Å². The monoisotopic (exact) mass is 297 g/mol. The second-order valence-electron chi connectivity index (χ2n) is 3.39. The minimum atomic E-state index is -0.389. The second kappa shape index (κ2) is 5.14. The molecule has 0 radical (unpaired) electrons. The van der Waals surface area contributed by atoms with Gasteiger partial charge in [0.05, 0.1) is 18.4 Å². The zero-order valence-electron chi connectivity index (χ0n) is 8.74. The molecule has 1 aromatic heterocycles. The Morgan fingerprint density at radius 1 is 1.41 bits per heavy atom. The van der Waals surface area contributed by atoms with Gasteiger partial charge in [-0.1, -0.05) is 0 Å². The Kier molecular flexibility index (Phi) is 3.58. The summed E-state index contributed by atoms with van der Waals surface area (Å²) in [5.41, 5.74) is 0.387. The number of nitrogens with one attached hydrogen (secondary N) is 1. The second-order valence-corrected chi connectivity index (χ2v) is 4.24. The van der Waals surface area contributed by atoms with Gasteiger partial charge in [-0.25, -0.2) is 4.39 Å². The Morgan fingerprint density at radius 2 is 2.24 bits per heavy atom. The van der Waals surface area contributed by atoms with E-state index in [1.165, 1.54) is 24.5 Å². The maximum absolute atomic E-state index is 12.8. The number of furan rings is 1. The average molecular weight is 298 g/mol. The van der Waals surface area contributed by atoms with Gasteiger partial charge in [0.1, 0.15) is 11.6 Å². The number of hydrogen-bond donors (Lipinski definition) is 1. The standard InChI is InChI=1S/C12H9BrFNO2/c13-11-6-8(14)3-4-10(11)12(16)15-7-9-2-1-5-17-9/h1-6H,7H2,(H,15,16). The number of halogens is 2. The predicted molar refractivity (Wildman–Crippen MR) is 64.0 cm³/mol. The van der Waals surface area contributed by atoms with Crippen LogP contribution >= 0.6 is 15.9 Å². The number of carbonyl (C=O) groups is 1. The molecule has 3 nitrogen and oxygen atoms in total. The van der Waals surface area contributed by atoms with Crippen molar-refractivity contribution in [2.45, 2.75) is 6.54 Å². The van der Waals surface area contributed by atoms with E-state index in [1.807, 2.05) is 0 Å². The number of hydrogen-bond acceptors (Lipinski definition) is 2. The van der Waals surface area contributed by atoms with E-state index in [-0.39, 0.29) is 11.7 Å². The topological polar surface area (TPSA) is 42.2 Å². The molecule has 0 saturated heterocycles. The Balaban J connectivity index is 2.04. The molecule has 0 aliphatic rings. The van der Waals surface area contributed by atoms with Crippen LogP contribution < -0.4 is 5.32 Å². The summed E-state index contributed by atoms with van der Waals surface area (Å²) in [6.07, 6.45) is 1.54. The van der Waals surface area contributed by atoms with Gasteiger partial charge in [-0.2, -0.15) is 0 Å². The highest BCUT2D eigenvalue weighted by Gasteiger charge is 2.10. The van der Waals surface area contributed by atoms with Gasteiger partial charge in [0.2, 0.25) is 0 Å². The van der Waals surface area contributed by atoms with Crippen molar-refractivity contribution >= 4 is 21.8 Å². The first-order chi connectivity index (χ1) is 8.16. The van der Waals surface area contributed by atoms with Crippen LogP contribution in [-0.2, 0) is 6.54 Å². The third-order valence-corrected chi connectivity index (χ3v) is 2.84. The highest BCUT2D eigenvalue weighted by atomic mass is 79.9. The van der Waals surface area contributed by atoms with Crippen LogP contribution in [0.25, 0.3) is 0 Å². The van der Waals surface area contributed by atoms with Crippen molar-refractivity contribution in [1.82, 2.24) is 5.32 Å². The quantitative estimate of drug-likeness (QED) is 0.946. The fourth-order valence-electron chi connectivity index (χ4n) is 1.35. The van der Waals surface area contributed by atoms with E-state index in [2.05, 4.69) is 21.2 Å². The van der Waals surface area contributed by atoms with Crippen LogP contribution in [0.4, 0.5) is 4.39 Å². The summed E-state index contributed by atoms with van der Waals surface area (Å²) in [7, 11) is 0. The van der Waals surface area contributed by atoms with Crippen LogP contribution in [0, 0.1) is 5.82 Å². The summed E-state index contributed by atoms with van der Waals surface area (Å²) >= 11 is 3.14. The summed E-state index contributed by atoms with van der Waals surface area (Å²) in [6, 6.07) is 7.43. The SMILES string of the molecule is O=C(NCc1ccco1)c1ccc(F)cc1Br. The van der Waals surface area contributed by atoms with Gasteiger partial charge < -0.3 is 9.73 Å². The first-order valence-electron chi connectivity index (χ1n) is 4.92.